The van der Waals surface area contributed by atoms with E-state index in [2.05, 4.69) is 5.10 Å². The van der Waals surface area contributed by atoms with Crippen LogP contribution in [0, 0.1) is 5.82 Å². The molecule has 10 heteroatoms. The second kappa shape index (κ2) is 9.90. The molecule has 0 N–H and O–H groups in total. The molecule has 0 unspecified atom stereocenters. The Kier molecular flexibility index (Phi) is 6.74. The number of ether oxygens (including phenoxy) is 1. The van der Waals surface area contributed by atoms with E-state index in [1.165, 1.54) is 24.3 Å². The molecule has 0 aliphatic heterocycles. The largest absolute Gasteiger partial charge is 0.461 e. The van der Waals surface area contributed by atoms with E-state index in [4.69, 9.17) is 8.92 Å². The molecule has 1 heterocycles. The van der Waals surface area contributed by atoms with Crippen molar-refractivity contribution in [3.63, 3.8) is 0 Å². The first-order valence-electron chi connectivity index (χ1n) is 10.5. The van der Waals surface area contributed by atoms with Crippen LogP contribution in [-0.2, 0) is 14.9 Å². The Labute approximate surface area is 200 Å². The fourth-order valence-electron chi connectivity index (χ4n) is 3.22. The highest BCUT2D eigenvalue weighted by Gasteiger charge is 2.25. The van der Waals surface area contributed by atoms with E-state index in [1.807, 2.05) is 30.3 Å². The maximum absolute atomic E-state index is 13.3. The normalized spacial score (nSPS) is 11.1. The van der Waals surface area contributed by atoms with Gasteiger partial charge in [0.15, 0.2) is 5.75 Å². The monoisotopic (exact) mass is 494 g/mol. The molecule has 0 atom stereocenters. The van der Waals surface area contributed by atoms with Gasteiger partial charge in [-0.3, -0.25) is 4.79 Å². The van der Waals surface area contributed by atoms with Crippen molar-refractivity contribution >= 4 is 16.1 Å². The van der Waals surface area contributed by atoms with Crippen LogP contribution < -0.4 is 9.74 Å². The Morgan fingerprint density at radius 1 is 0.943 bits per heavy atom. The lowest BCUT2D eigenvalue weighted by molar-refractivity contribution is 0.0515. The summed E-state index contributed by atoms with van der Waals surface area (Å²) < 4.78 is 50.1. The second-order valence-corrected chi connectivity index (χ2v) is 8.78. The molecule has 0 saturated heterocycles. The van der Waals surface area contributed by atoms with Crippen LogP contribution >= 0.6 is 0 Å². The first-order chi connectivity index (χ1) is 16.8. The number of carbonyl (C=O) groups excluding carboxylic acids is 1. The summed E-state index contributed by atoms with van der Waals surface area (Å²) in [5.74, 6) is -2.11. The van der Waals surface area contributed by atoms with Crippen molar-refractivity contribution in [2.75, 3.05) is 6.61 Å². The van der Waals surface area contributed by atoms with Crippen LogP contribution in [0.25, 0.3) is 16.8 Å². The molecule has 4 aromatic rings. The van der Waals surface area contributed by atoms with E-state index in [0.29, 0.717) is 0 Å². The first-order valence-corrected chi connectivity index (χ1v) is 11.9. The number of benzene rings is 3. The number of hydrogen-bond donors (Lipinski definition) is 0. The molecule has 35 heavy (non-hydrogen) atoms. The van der Waals surface area contributed by atoms with Crippen molar-refractivity contribution < 1.29 is 26.5 Å². The molecular weight excluding hydrogens is 475 g/mol. The molecule has 1 aromatic heterocycles. The Morgan fingerprint density at radius 2 is 1.57 bits per heavy atom. The minimum absolute atomic E-state index is 0.0245. The summed E-state index contributed by atoms with van der Waals surface area (Å²) in [6.07, 6.45) is 0. The molecule has 0 radical (unpaired) electrons. The fourth-order valence-corrected chi connectivity index (χ4v) is 4.15. The zero-order valence-electron chi connectivity index (χ0n) is 18.4. The number of nitrogens with zero attached hydrogens (tertiary/aromatic N) is 2. The maximum atomic E-state index is 13.3. The lowest BCUT2D eigenvalue weighted by Gasteiger charge is -2.13. The number of rotatable bonds is 7. The van der Waals surface area contributed by atoms with Crippen molar-refractivity contribution in [3.05, 3.63) is 107 Å². The van der Waals surface area contributed by atoms with E-state index in [1.54, 1.807) is 19.1 Å². The van der Waals surface area contributed by atoms with Crippen molar-refractivity contribution in [2.24, 2.45) is 0 Å². The van der Waals surface area contributed by atoms with Crippen LogP contribution in [0.5, 0.6) is 5.75 Å². The van der Waals surface area contributed by atoms with E-state index < -0.39 is 38.9 Å². The molecular formula is C25H19FN2O6S. The molecule has 0 amide bonds. The third-order valence-electron chi connectivity index (χ3n) is 4.89. The summed E-state index contributed by atoms with van der Waals surface area (Å²) in [4.78, 5) is 25.0. The summed E-state index contributed by atoms with van der Waals surface area (Å²) in [7, 11) is -4.43. The maximum Gasteiger partial charge on any atom is 0.362 e. The van der Waals surface area contributed by atoms with Gasteiger partial charge in [0.1, 0.15) is 10.7 Å². The predicted octanol–water partition coefficient (Wildman–Crippen LogP) is 3.98. The van der Waals surface area contributed by atoms with Gasteiger partial charge < -0.3 is 8.92 Å². The van der Waals surface area contributed by atoms with Crippen molar-refractivity contribution in [1.82, 2.24) is 9.78 Å². The molecule has 178 valence electrons. The number of hydrogen-bond acceptors (Lipinski definition) is 7. The Balaban J connectivity index is 1.71. The van der Waals surface area contributed by atoms with Crippen molar-refractivity contribution in [1.29, 1.82) is 0 Å². The number of carbonyl (C=O) groups is 1. The van der Waals surface area contributed by atoms with Crippen LogP contribution in [0.3, 0.4) is 0 Å². The number of aromatic nitrogens is 2. The van der Waals surface area contributed by atoms with Gasteiger partial charge in [0, 0.05) is 0 Å². The number of esters is 1. The van der Waals surface area contributed by atoms with E-state index in [9.17, 15) is 22.4 Å². The standard InChI is InChI=1S/C25H19FN2O6S/c1-2-33-25(30)24-22(16-23(29)28(27-24)20-12-10-19(26)11-13-20)34-35(31,32)21-14-8-18(9-15-21)17-6-4-3-5-7-17/h3-16H,2H2,1H3. The molecule has 4 rings (SSSR count). The SMILES string of the molecule is CCOC(=O)c1nn(-c2ccc(F)cc2)c(=O)cc1OS(=O)(=O)c1ccc(-c2ccccc2)cc1. The summed E-state index contributed by atoms with van der Waals surface area (Å²) in [6.45, 7) is 1.53. The van der Waals surface area contributed by atoms with Gasteiger partial charge in [0.2, 0.25) is 5.69 Å². The molecule has 0 aliphatic carbocycles. The molecule has 0 saturated carbocycles. The van der Waals surface area contributed by atoms with Gasteiger partial charge in [-0.15, -0.1) is 0 Å². The summed E-state index contributed by atoms with van der Waals surface area (Å²) in [6, 6.07) is 20.9. The molecule has 0 bridgehead atoms. The van der Waals surface area contributed by atoms with Crippen LogP contribution in [0.15, 0.2) is 94.6 Å². The Morgan fingerprint density at radius 3 is 2.20 bits per heavy atom. The second-order valence-electron chi connectivity index (χ2n) is 7.23. The van der Waals surface area contributed by atoms with Crippen LogP contribution in [0.2, 0.25) is 0 Å². The lowest BCUT2D eigenvalue weighted by Crippen LogP contribution is -2.26. The summed E-state index contributed by atoms with van der Waals surface area (Å²) in [5, 5.41) is 3.94. The Bertz CT molecular complexity index is 1520. The molecule has 0 aliphatic rings. The van der Waals surface area contributed by atoms with Crippen LogP contribution in [-0.4, -0.2) is 30.8 Å². The highest BCUT2D eigenvalue weighted by atomic mass is 32.2. The van der Waals surface area contributed by atoms with E-state index >= 15 is 0 Å². The predicted molar refractivity (Wildman–Crippen MR) is 125 cm³/mol. The van der Waals surface area contributed by atoms with Gasteiger partial charge in [-0.25, -0.2) is 9.18 Å². The van der Waals surface area contributed by atoms with Gasteiger partial charge >= 0.3 is 16.1 Å². The Hall–Kier alpha value is -4.31. The average molecular weight is 495 g/mol. The van der Waals surface area contributed by atoms with Crippen molar-refractivity contribution in [2.45, 2.75) is 11.8 Å². The first kappa shape index (κ1) is 23.8. The zero-order chi connectivity index (χ0) is 25.0. The average Bonchev–Trinajstić information content (AvgIpc) is 2.85. The van der Waals surface area contributed by atoms with Gasteiger partial charge in [-0.1, -0.05) is 42.5 Å². The van der Waals surface area contributed by atoms with Gasteiger partial charge in [-0.05, 0) is 54.4 Å². The summed E-state index contributed by atoms with van der Waals surface area (Å²) >= 11 is 0. The highest BCUT2D eigenvalue weighted by Crippen LogP contribution is 2.25. The van der Waals surface area contributed by atoms with E-state index in [0.717, 1.165) is 34.0 Å². The van der Waals surface area contributed by atoms with Crippen LogP contribution in [0.4, 0.5) is 4.39 Å². The van der Waals surface area contributed by atoms with Crippen LogP contribution in [0.1, 0.15) is 17.4 Å². The fraction of sp³-hybridized carbons (Fsp3) is 0.0800. The van der Waals surface area contributed by atoms with E-state index in [-0.39, 0.29) is 17.2 Å². The lowest BCUT2D eigenvalue weighted by atomic mass is 10.1. The zero-order valence-corrected chi connectivity index (χ0v) is 19.2. The van der Waals surface area contributed by atoms with Gasteiger partial charge in [-0.2, -0.15) is 18.2 Å². The van der Waals surface area contributed by atoms with Gasteiger partial charge in [0.05, 0.1) is 18.4 Å². The highest BCUT2D eigenvalue weighted by molar-refractivity contribution is 7.87. The topological polar surface area (TPSA) is 105 Å². The smallest absolute Gasteiger partial charge is 0.362 e. The molecule has 3 aromatic carbocycles. The molecule has 8 nitrogen and oxygen atoms in total. The van der Waals surface area contributed by atoms with Gasteiger partial charge in [0.25, 0.3) is 5.56 Å². The summed E-state index contributed by atoms with van der Waals surface area (Å²) in [5.41, 5.74) is 0.526. The minimum atomic E-state index is -4.43. The molecule has 0 fully saturated rings. The minimum Gasteiger partial charge on any atom is -0.461 e. The van der Waals surface area contributed by atoms with Crippen molar-refractivity contribution in [3.8, 4) is 22.6 Å². The number of halogens is 1. The molecule has 0 spiro atoms. The quantitative estimate of drug-likeness (QED) is 0.283. The third kappa shape index (κ3) is 5.28. The third-order valence-corrected chi connectivity index (χ3v) is 6.13.